The number of anilines is 1. The number of primary amides is 1. The number of nitrogens with zero attached hydrogens (tertiary/aromatic N) is 1. The highest BCUT2D eigenvalue weighted by Crippen LogP contribution is 2.09. The number of rotatable bonds is 6. The highest BCUT2D eigenvalue weighted by atomic mass is 16.1. The molecule has 0 saturated carbocycles. The van der Waals surface area contributed by atoms with Crippen molar-refractivity contribution in [1.82, 2.24) is 4.98 Å². The summed E-state index contributed by atoms with van der Waals surface area (Å²) < 4.78 is 0. The minimum atomic E-state index is -0.453. The molecular formula is C11H18N4O. The first-order valence-corrected chi connectivity index (χ1v) is 5.39. The SMILES string of the molecule is CCCC(CN)Nc1cc(C(N)=O)ccn1. The van der Waals surface area contributed by atoms with Gasteiger partial charge < -0.3 is 16.8 Å². The van der Waals surface area contributed by atoms with Crippen molar-refractivity contribution in [2.75, 3.05) is 11.9 Å². The third-order valence-corrected chi connectivity index (χ3v) is 2.32. The summed E-state index contributed by atoms with van der Waals surface area (Å²) >= 11 is 0. The van der Waals surface area contributed by atoms with Crippen LogP contribution in [0.5, 0.6) is 0 Å². The fourth-order valence-corrected chi connectivity index (χ4v) is 1.47. The summed E-state index contributed by atoms with van der Waals surface area (Å²) in [4.78, 5) is 15.1. The minimum Gasteiger partial charge on any atom is -0.366 e. The predicted molar refractivity (Wildman–Crippen MR) is 64.1 cm³/mol. The first kappa shape index (κ1) is 12.4. The molecule has 1 amide bonds. The monoisotopic (exact) mass is 222 g/mol. The molecule has 0 spiro atoms. The summed E-state index contributed by atoms with van der Waals surface area (Å²) in [6.45, 7) is 2.63. The summed E-state index contributed by atoms with van der Waals surface area (Å²) in [6, 6.07) is 3.41. The zero-order valence-corrected chi connectivity index (χ0v) is 9.44. The Bertz CT molecular complexity index is 354. The van der Waals surface area contributed by atoms with E-state index >= 15 is 0 Å². The van der Waals surface area contributed by atoms with Crippen LogP contribution < -0.4 is 16.8 Å². The summed E-state index contributed by atoms with van der Waals surface area (Å²) in [6.07, 6.45) is 3.57. The van der Waals surface area contributed by atoms with Crippen LogP contribution in [0.25, 0.3) is 0 Å². The average Bonchev–Trinajstić information content (AvgIpc) is 2.29. The smallest absolute Gasteiger partial charge is 0.248 e. The molecule has 1 heterocycles. The first-order valence-electron chi connectivity index (χ1n) is 5.39. The van der Waals surface area contributed by atoms with Crippen molar-refractivity contribution in [2.45, 2.75) is 25.8 Å². The number of nitrogens with two attached hydrogens (primary N) is 2. The van der Waals surface area contributed by atoms with Crippen LogP contribution in [-0.4, -0.2) is 23.5 Å². The maximum absolute atomic E-state index is 11.0. The van der Waals surface area contributed by atoms with E-state index in [1.165, 1.54) is 0 Å². The van der Waals surface area contributed by atoms with Crippen LogP contribution in [0.15, 0.2) is 18.3 Å². The highest BCUT2D eigenvalue weighted by Gasteiger charge is 2.07. The van der Waals surface area contributed by atoms with Gasteiger partial charge in [0.25, 0.3) is 0 Å². The molecule has 5 nitrogen and oxygen atoms in total. The lowest BCUT2D eigenvalue weighted by Gasteiger charge is -2.16. The lowest BCUT2D eigenvalue weighted by Crippen LogP contribution is -2.29. The molecule has 0 fully saturated rings. The molecule has 1 unspecified atom stereocenters. The van der Waals surface area contributed by atoms with Gasteiger partial charge in [0.05, 0.1) is 0 Å². The molecule has 0 aliphatic rings. The Labute approximate surface area is 95.2 Å². The van der Waals surface area contributed by atoms with Gasteiger partial charge >= 0.3 is 0 Å². The lowest BCUT2D eigenvalue weighted by molar-refractivity contribution is 0.1000. The van der Waals surface area contributed by atoms with E-state index in [-0.39, 0.29) is 6.04 Å². The van der Waals surface area contributed by atoms with Crippen molar-refractivity contribution < 1.29 is 4.79 Å². The van der Waals surface area contributed by atoms with Gasteiger partial charge in [-0.25, -0.2) is 4.98 Å². The molecule has 0 aromatic carbocycles. The maximum atomic E-state index is 11.0. The van der Waals surface area contributed by atoms with Crippen LogP contribution in [0, 0.1) is 0 Å². The Kier molecular flexibility index (Phi) is 4.72. The standard InChI is InChI=1S/C11H18N4O/c1-2-3-9(7-12)15-10-6-8(11(13)16)4-5-14-10/h4-6,9H,2-3,7,12H2,1H3,(H2,13,16)(H,14,15). The Morgan fingerprint density at radius 3 is 2.94 bits per heavy atom. The number of carbonyl (C=O) groups is 1. The van der Waals surface area contributed by atoms with Gasteiger partial charge in [0.15, 0.2) is 0 Å². The molecule has 88 valence electrons. The second-order valence-corrected chi connectivity index (χ2v) is 3.66. The molecule has 1 aromatic rings. The van der Waals surface area contributed by atoms with Gasteiger partial charge in [0, 0.05) is 24.3 Å². The summed E-state index contributed by atoms with van der Waals surface area (Å²) in [5, 5.41) is 3.18. The number of carbonyl (C=O) groups excluding carboxylic acids is 1. The van der Waals surface area contributed by atoms with Gasteiger partial charge in [0.2, 0.25) is 5.91 Å². The quantitative estimate of drug-likeness (QED) is 0.661. The largest absolute Gasteiger partial charge is 0.366 e. The zero-order chi connectivity index (χ0) is 12.0. The van der Waals surface area contributed by atoms with Crippen molar-refractivity contribution in [3.63, 3.8) is 0 Å². The van der Waals surface area contributed by atoms with E-state index in [2.05, 4.69) is 17.2 Å². The number of amides is 1. The summed E-state index contributed by atoms with van der Waals surface area (Å²) in [5.41, 5.74) is 11.3. The topological polar surface area (TPSA) is 94.0 Å². The second kappa shape index (κ2) is 6.07. The molecule has 0 radical (unpaired) electrons. The minimum absolute atomic E-state index is 0.181. The molecule has 1 rings (SSSR count). The van der Waals surface area contributed by atoms with E-state index < -0.39 is 5.91 Å². The fraction of sp³-hybridized carbons (Fsp3) is 0.455. The summed E-state index contributed by atoms with van der Waals surface area (Å²) in [5.74, 6) is 0.186. The second-order valence-electron chi connectivity index (χ2n) is 3.66. The summed E-state index contributed by atoms with van der Waals surface area (Å²) in [7, 11) is 0. The molecule has 5 N–H and O–H groups in total. The number of nitrogens with one attached hydrogen (secondary N) is 1. The number of hydrogen-bond donors (Lipinski definition) is 3. The van der Waals surface area contributed by atoms with Crippen LogP contribution >= 0.6 is 0 Å². The Balaban J connectivity index is 2.72. The molecule has 5 heteroatoms. The van der Waals surface area contributed by atoms with Crippen LogP contribution in [0.3, 0.4) is 0 Å². The van der Waals surface area contributed by atoms with Crippen molar-refractivity contribution in [2.24, 2.45) is 11.5 Å². The van der Waals surface area contributed by atoms with E-state index in [4.69, 9.17) is 11.5 Å². The molecule has 1 atom stereocenters. The van der Waals surface area contributed by atoms with Crippen LogP contribution in [0.2, 0.25) is 0 Å². The molecular weight excluding hydrogens is 204 g/mol. The molecule has 0 bridgehead atoms. The van der Waals surface area contributed by atoms with Gasteiger partial charge in [-0.2, -0.15) is 0 Å². The van der Waals surface area contributed by atoms with Gasteiger partial charge in [-0.05, 0) is 18.6 Å². The normalized spacial score (nSPS) is 12.1. The molecule has 16 heavy (non-hydrogen) atoms. The van der Waals surface area contributed by atoms with E-state index in [1.807, 2.05) is 0 Å². The van der Waals surface area contributed by atoms with E-state index in [1.54, 1.807) is 18.3 Å². The molecule has 0 saturated heterocycles. The number of pyridine rings is 1. The van der Waals surface area contributed by atoms with Gasteiger partial charge in [-0.3, -0.25) is 4.79 Å². The molecule has 0 aliphatic heterocycles. The van der Waals surface area contributed by atoms with Crippen molar-refractivity contribution in [3.05, 3.63) is 23.9 Å². The first-order chi connectivity index (χ1) is 7.67. The van der Waals surface area contributed by atoms with Gasteiger partial charge in [0.1, 0.15) is 5.82 Å². The third-order valence-electron chi connectivity index (χ3n) is 2.32. The van der Waals surface area contributed by atoms with Crippen LogP contribution in [0.1, 0.15) is 30.1 Å². The Morgan fingerprint density at radius 1 is 1.62 bits per heavy atom. The Morgan fingerprint density at radius 2 is 2.38 bits per heavy atom. The van der Waals surface area contributed by atoms with E-state index in [0.29, 0.717) is 17.9 Å². The van der Waals surface area contributed by atoms with Crippen molar-refractivity contribution in [3.8, 4) is 0 Å². The highest BCUT2D eigenvalue weighted by molar-refractivity contribution is 5.93. The average molecular weight is 222 g/mol. The van der Waals surface area contributed by atoms with Crippen LogP contribution in [-0.2, 0) is 0 Å². The number of aromatic nitrogens is 1. The predicted octanol–water partition coefficient (Wildman–Crippen LogP) is 0.720. The number of hydrogen-bond acceptors (Lipinski definition) is 4. The van der Waals surface area contributed by atoms with Crippen molar-refractivity contribution >= 4 is 11.7 Å². The van der Waals surface area contributed by atoms with Crippen LogP contribution in [0.4, 0.5) is 5.82 Å². The fourth-order valence-electron chi connectivity index (χ4n) is 1.47. The van der Waals surface area contributed by atoms with Gasteiger partial charge in [-0.15, -0.1) is 0 Å². The third kappa shape index (κ3) is 3.51. The Hall–Kier alpha value is -1.62. The molecule has 1 aromatic heterocycles. The lowest BCUT2D eigenvalue weighted by atomic mass is 10.1. The molecule has 0 aliphatic carbocycles. The van der Waals surface area contributed by atoms with Crippen molar-refractivity contribution in [1.29, 1.82) is 0 Å². The van der Waals surface area contributed by atoms with E-state index in [0.717, 1.165) is 12.8 Å². The van der Waals surface area contributed by atoms with Gasteiger partial charge in [-0.1, -0.05) is 13.3 Å². The zero-order valence-electron chi connectivity index (χ0n) is 9.44. The van der Waals surface area contributed by atoms with E-state index in [9.17, 15) is 4.79 Å². The maximum Gasteiger partial charge on any atom is 0.248 e.